The molecule has 0 saturated carbocycles. The molecule has 0 radical (unpaired) electrons. The number of carbonyl (C=O) groups excluding carboxylic acids is 2. The van der Waals surface area contributed by atoms with Crippen molar-refractivity contribution < 1.29 is 14.5 Å². The number of amides is 2. The Hall–Kier alpha value is -1.54. The lowest BCUT2D eigenvalue weighted by atomic mass is 10.0. The second-order valence-corrected chi connectivity index (χ2v) is 8.59. The first-order valence-corrected chi connectivity index (χ1v) is 10.1. The van der Waals surface area contributed by atoms with Crippen LogP contribution in [0.5, 0.6) is 0 Å². The summed E-state index contributed by atoms with van der Waals surface area (Å²) in [6.45, 7) is 1.82. The molecule has 4 N–H and O–H groups in total. The van der Waals surface area contributed by atoms with Gasteiger partial charge < -0.3 is 16.0 Å². The normalized spacial score (nSPS) is 16.3. The highest BCUT2D eigenvalue weighted by Crippen LogP contribution is 2.34. The molecule has 0 spiro atoms. The van der Waals surface area contributed by atoms with Gasteiger partial charge in [-0.05, 0) is 29.8 Å². The number of quaternary nitrogens is 1. The number of likely N-dealkylation sites (N-methyl/N-ethyl adjacent to an activating group) is 1. The van der Waals surface area contributed by atoms with E-state index < -0.39 is 5.91 Å². The van der Waals surface area contributed by atoms with Gasteiger partial charge in [-0.15, -0.1) is 23.1 Å². The molecule has 2 aromatic rings. The monoisotopic (exact) mass is 396 g/mol. The maximum atomic E-state index is 12.3. The summed E-state index contributed by atoms with van der Waals surface area (Å²) in [5.41, 5.74) is 7.05. The molecule has 0 fully saturated rings. The second kappa shape index (κ2) is 7.78. The average Bonchev–Trinajstić information content (AvgIpc) is 2.91. The van der Waals surface area contributed by atoms with Crippen LogP contribution in [0, 0.1) is 0 Å². The Bertz CT molecular complexity index is 805. The number of thiophene rings is 1. The Morgan fingerprint density at radius 1 is 1.36 bits per heavy atom. The maximum absolute atomic E-state index is 12.3. The summed E-state index contributed by atoms with van der Waals surface area (Å²) in [6, 6.07) is 7.33. The van der Waals surface area contributed by atoms with E-state index in [0.29, 0.717) is 15.6 Å². The molecule has 0 saturated heterocycles. The fourth-order valence-corrected chi connectivity index (χ4v) is 5.02. The first-order chi connectivity index (χ1) is 11.9. The van der Waals surface area contributed by atoms with Crippen LogP contribution in [0.25, 0.3) is 0 Å². The minimum absolute atomic E-state index is 0.151. The number of primary amides is 1. The minimum Gasteiger partial charge on any atom is -0.365 e. The smallest absolute Gasteiger partial charge is 0.252 e. The second-order valence-electron chi connectivity index (χ2n) is 6.00. The molecule has 0 bridgehead atoms. The van der Waals surface area contributed by atoms with E-state index in [1.165, 1.54) is 28.0 Å². The van der Waals surface area contributed by atoms with Gasteiger partial charge in [-0.1, -0.05) is 11.6 Å². The molecule has 8 heteroatoms. The van der Waals surface area contributed by atoms with Crippen LogP contribution in [0.15, 0.2) is 29.2 Å². The van der Waals surface area contributed by atoms with Crippen molar-refractivity contribution in [2.45, 2.75) is 17.9 Å². The quantitative estimate of drug-likeness (QED) is 0.674. The van der Waals surface area contributed by atoms with E-state index in [-0.39, 0.29) is 11.7 Å². The van der Waals surface area contributed by atoms with Crippen molar-refractivity contribution in [1.29, 1.82) is 0 Å². The number of nitrogens with one attached hydrogen (secondary N) is 2. The summed E-state index contributed by atoms with van der Waals surface area (Å²) >= 11 is 8.74. The number of fused-ring (bicyclic) bond motifs is 1. The number of thioether (sulfide) groups is 1. The zero-order valence-electron chi connectivity index (χ0n) is 13.7. The molecule has 1 atom stereocenters. The van der Waals surface area contributed by atoms with Crippen molar-refractivity contribution in [3.8, 4) is 0 Å². The zero-order valence-corrected chi connectivity index (χ0v) is 16.1. The highest BCUT2D eigenvalue weighted by atomic mass is 35.5. The highest BCUT2D eigenvalue weighted by molar-refractivity contribution is 8.00. The molecule has 1 aliphatic rings. The molecule has 132 valence electrons. The van der Waals surface area contributed by atoms with Gasteiger partial charge in [0, 0.05) is 16.3 Å². The van der Waals surface area contributed by atoms with Crippen LogP contribution < -0.4 is 16.0 Å². The molecule has 2 heterocycles. The first kappa shape index (κ1) is 18.3. The molecule has 1 unspecified atom stereocenters. The molecule has 1 aromatic heterocycles. The number of carbonyl (C=O) groups is 2. The van der Waals surface area contributed by atoms with Gasteiger partial charge in [0.2, 0.25) is 5.91 Å². The highest BCUT2D eigenvalue weighted by Gasteiger charge is 2.28. The predicted molar refractivity (Wildman–Crippen MR) is 103 cm³/mol. The molecular formula is C17H19ClN3O2S2+. The van der Waals surface area contributed by atoms with Crippen molar-refractivity contribution in [3.05, 3.63) is 45.3 Å². The Morgan fingerprint density at radius 2 is 2.08 bits per heavy atom. The standard InChI is InChI=1S/C17H18ClN3O2S2/c1-21-7-6-12-13(8-21)25-17(15(12)16(19)23)20-14(22)9-24-11-4-2-10(18)3-5-11/h2-5H,6-9H2,1H3,(H2,19,23)(H,20,22)/p+1. The SMILES string of the molecule is C[NH+]1CCc2c(sc(NC(=O)CSc3ccc(Cl)cc3)c2C(N)=O)C1. The lowest BCUT2D eigenvalue weighted by molar-refractivity contribution is -0.895. The van der Waals surface area contributed by atoms with Crippen molar-refractivity contribution in [2.75, 3.05) is 24.7 Å². The van der Waals surface area contributed by atoms with Crippen LogP contribution in [0.3, 0.4) is 0 Å². The van der Waals surface area contributed by atoms with E-state index in [1.54, 1.807) is 12.1 Å². The van der Waals surface area contributed by atoms with Gasteiger partial charge in [0.05, 0.1) is 29.8 Å². The van der Waals surface area contributed by atoms with Gasteiger partial charge in [-0.2, -0.15) is 0 Å². The minimum atomic E-state index is -0.474. The maximum Gasteiger partial charge on any atom is 0.252 e. The van der Waals surface area contributed by atoms with Crippen LogP contribution in [0.2, 0.25) is 5.02 Å². The van der Waals surface area contributed by atoms with Gasteiger partial charge in [-0.3, -0.25) is 9.59 Å². The lowest BCUT2D eigenvalue weighted by Crippen LogP contribution is -3.08. The number of benzene rings is 1. The van der Waals surface area contributed by atoms with Crippen LogP contribution in [0.4, 0.5) is 5.00 Å². The van der Waals surface area contributed by atoms with Crippen LogP contribution in [0.1, 0.15) is 20.8 Å². The Morgan fingerprint density at radius 3 is 2.76 bits per heavy atom. The van der Waals surface area contributed by atoms with Gasteiger partial charge in [0.1, 0.15) is 11.5 Å². The topological polar surface area (TPSA) is 76.6 Å². The van der Waals surface area contributed by atoms with E-state index in [2.05, 4.69) is 12.4 Å². The van der Waals surface area contributed by atoms with Gasteiger partial charge >= 0.3 is 0 Å². The number of halogens is 1. The summed E-state index contributed by atoms with van der Waals surface area (Å²) in [5.74, 6) is -0.368. The lowest BCUT2D eigenvalue weighted by Gasteiger charge is -2.19. The third kappa shape index (κ3) is 4.36. The summed E-state index contributed by atoms with van der Waals surface area (Å²) in [6.07, 6.45) is 0.811. The third-order valence-corrected chi connectivity index (χ3v) is 6.45. The van der Waals surface area contributed by atoms with Crippen molar-refractivity contribution >= 4 is 51.5 Å². The Labute approximate surface area is 159 Å². The molecule has 1 aliphatic heterocycles. The zero-order chi connectivity index (χ0) is 18.0. The van der Waals surface area contributed by atoms with Gasteiger partial charge in [0.15, 0.2) is 0 Å². The molecule has 2 amide bonds. The van der Waals surface area contributed by atoms with Crippen LogP contribution in [-0.4, -0.2) is 31.2 Å². The van der Waals surface area contributed by atoms with Gasteiger partial charge in [0.25, 0.3) is 5.91 Å². The summed E-state index contributed by atoms with van der Waals surface area (Å²) in [5, 5.41) is 4.11. The number of nitrogens with two attached hydrogens (primary N) is 1. The van der Waals surface area contributed by atoms with E-state index in [0.717, 1.165) is 34.8 Å². The summed E-state index contributed by atoms with van der Waals surface area (Å²) < 4.78 is 0. The molecule has 1 aromatic carbocycles. The van der Waals surface area contributed by atoms with Crippen molar-refractivity contribution in [2.24, 2.45) is 5.73 Å². The van der Waals surface area contributed by atoms with E-state index >= 15 is 0 Å². The molecule has 25 heavy (non-hydrogen) atoms. The molecule has 0 aliphatic carbocycles. The van der Waals surface area contributed by atoms with Gasteiger partial charge in [-0.25, -0.2) is 0 Å². The van der Waals surface area contributed by atoms with E-state index in [4.69, 9.17) is 17.3 Å². The first-order valence-electron chi connectivity index (χ1n) is 7.88. The average molecular weight is 397 g/mol. The fourth-order valence-electron chi connectivity index (χ4n) is 2.81. The Balaban J connectivity index is 1.70. The number of anilines is 1. The van der Waals surface area contributed by atoms with Crippen molar-refractivity contribution in [1.82, 2.24) is 0 Å². The number of rotatable bonds is 5. The third-order valence-electron chi connectivity index (χ3n) is 4.04. The summed E-state index contributed by atoms with van der Waals surface area (Å²) in [7, 11) is 2.12. The number of hydrogen-bond donors (Lipinski definition) is 3. The van der Waals surface area contributed by atoms with E-state index in [1.807, 2.05) is 12.1 Å². The van der Waals surface area contributed by atoms with Crippen LogP contribution >= 0.6 is 34.7 Å². The Kier molecular flexibility index (Phi) is 5.68. The molecule has 5 nitrogen and oxygen atoms in total. The van der Waals surface area contributed by atoms with Crippen molar-refractivity contribution in [3.63, 3.8) is 0 Å². The van der Waals surface area contributed by atoms with E-state index in [9.17, 15) is 9.59 Å². The summed E-state index contributed by atoms with van der Waals surface area (Å²) in [4.78, 5) is 27.7. The predicted octanol–water partition coefficient (Wildman–Crippen LogP) is 1.80. The van der Waals surface area contributed by atoms with Crippen LogP contribution in [-0.2, 0) is 17.8 Å². The number of hydrogen-bond acceptors (Lipinski definition) is 4. The molecular weight excluding hydrogens is 378 g/mol. The largest absolute Gasteiger partial charge is 0.365 e. The fraction of sp³-hybridized carbons (Fsp3) is 0.294. The molecule has 3 rings (SSSR count).